The number of aromatic amines is 1. The van der Waals surface area contributed by atoms with Crippen LogP contribution in [-0.2, 0) is 0 Å². The Morgan fingerprint density at radius 2 is 2.31 bits per heavy atom. The van der Waals surface area contributed by atoms with E-state index in [9.17, 15) is 4.79 Å². The van der Waals surface area contributed by atoms with Crippen molar-refractivity contribution in [1.29, 1.82) is 0 Å². The Balaban J connectivity index is 2.06. The minimum absolute atomic E-state index is 0.0852. The SMILES string of the molecule is CC(N)CC(C)Sc1n[nH]c(=O)n1C1CC1. The van der Waals surface area contributed by atoms with E-state index in [0.717, 1.165) is 24.4 Å². The van der Waals surface area contributed by atoms with Crippen LogP contribution in [0.25, 0.3) is 0 Å². The van der Waals surface area contributed by atoms with Crippen molar-refractivity contribution in [2.75, 3.05) is 0 Å². The Kier molecular flexibility index (Phi) is 3.39. The minimum atomic E-state index is -0.0852. The van der Waals surface area contributed by atoms with Gasteiger partial charge in [0.2, 0.25) is 0 Å². The van der Waals surface area contributed by atoms with Gasteiger partial charge in [-0.2, -0.15) is 0 Å². The second-order valence-corrected chi connectivity index (χ2v) is 5.96. The van der Waals surface area contributed by atoms with Crippen molar-refractivity contribution in [3.63, 3.8) is 0 Å². The maximum atomic E-state index is 11.5. The van der Waals surface area contributed by atoms with E-state index in [1.165, 1.54) is 0 Å². The highest BCUT2D eigenvalue weighted by atomic mass is 32.2. The maximum Gasteiger partial charge on any atom is 0.344 e. The molecule has 0 bridgehead atoms. The molecule has 1 aromatic heterocycles. The van der Waals surface area contributed by atoms with Crippen LogP contribution < -0.4 is 11.4 Å². The van der Waals surface area contributed by atoms with Gasteiger partial charge in [0.15, 0.2) is 5.16 Å². The highest BCUT2D eigenvalue weighted by molar-refractivity contribution is 7.99. The van der Waals surface area contributed by atoms with Crippen LogP contribution in [0, 0.1) is 0 Å². The molecule has 0 aromatic carbocycles. The summed E-state index contributed by atoms with van der Waals surface area (Å²) in [5, 5.41) is 7.78. The summed E-state index contributed by atoms with van der Waals surface area (Å²) < 4.78 is 1.78. The fourth-order valence-corrected chi connectivity index (χ4v) is 2.98. The Labute approximate surface area is 98.8 Å². The van der Waals surface area contributed by atoms with Crippen molar-refractivity contribution >= 4 is 11.8 Å². The molecule has 1 aromatic rings. The van der Waals surface area contributed by atoms with Crippen LogP contribution in [0.4, 0.5) is 0 Å². The van der Waals surface area contributed by atoms with Crippen LogP contribution in [0.15, 0.2) is 9.95 Å². The van der Waals surface area contributed by atoms with E-state index in [0.29, 0.717) is 11.3 Å². The largest absolute Gasteiger partial charge is 0.344 e. The molecule has 0 saturated heterocycles. The molecule has 3 N–H and O–H groups in total. The molecule has 5 nitrogen and oxygen atoms in total. The summed E-state index contributed by atoms with van der Waals surface area (Å²) in [5.74, 6) is 0. The van der Waals surface area contributed by atoms with Gasteiger partial charge in [0.05, 0.1) is 0 Å². The monoisotopic (exact) mass is 242 g/mol. The molecule has 6 heteroatoms. The van der Waals surface area contributed by atoms with Crippen LogP contribution in [0.5, 0.6) is 0 Å². The Hall–Kier alpha value is -0.750. The van der Waals surface area contributed by atoms with E-state index in [1.54, 1.807) is 16.3 Å². The average molecular weight is 242 g/mol. The van der Waals surface area contributed by atoms with E-state index in [-0.39, 0.29) is 11.7 Å². The molecular formula is C10H18N4OS. The lowest BCUT2D eigenvalue weighted by Crippen LogP contribution is -2.20. The molecule has 0 radical (unpaired) electrons. The summed E-state index contributed by atoms with van der Waals surface area (Å²) in [6.07, 6.45) is 3.11. The lowest BCUT2D eigenvalue weighted by molar-refractivity contribution is 0.631. The van der Waals surface area contributed by atoms with E-state index in [4.69, 9.17) is 5.73 Å². The molecule has 2 atom stereocenters. The second-order valence-electron chi connectivity index (χ2n) is 4.55. The molecule has 1 saturated carbocycles. The van der Waals surface area contributed by atoms with Gasteiger partial charge in [0.1, 0.15) is 0 Å². The maximum absolute atomic E-state index is 11.5. The number of hydrogen-bond donors (Lipinski definition) is 2. The molecule has 1 fully saturated rings. The third kappa shape index (κ3) is 2.68. The number of rotatable bonds is 5. The number of aromatic nitrogens is 3. The Morgan fingerprint density at radius 3 is 2.88 bits per heavy atom. The van der Waals surface area contributed by atoms with Gasteiger partial charge in [0, 0.05) is 17.3 Å². The molecule has 0 spiro atoms. The van der Waals surface area contributed by atoms with Gasteiger partial charge in [-0.05, 0) is 26.2 Å². The summed E-state index contributed by atoms with van der Waals surface area (Å²) in [5.41, 5.74) is 5.67. The first kappa shape index (κ1) is 11.7. The lowest BCUT2D eigenvalue weighted by atomic mass is 10.2. The molecule has 16 heavy (non-hydrogen) atoms. The van der Waals surface area contributed by atoms with E-state index in [1.807, 2.05) is 6.92 Å². The van der Waals surface area contributed by atoms with Crippen molar-refractivity contribution in [2.24, 2.45) is 5.73 Å². The van der Waals surface area contributed by atoms with E-state index in [2.05, 4.69) is 17.1 Å². The average Bonchev–Trinajstić information content (AvgIpc) is 2.92. The van der Waals surface area contributed by atoms with Gasteiger partial charge >= 0.3 is 5.69 Å². The summed E-state index contributed by atoms with van der Waals surface area (Å²) in [6, 6.07) is 0.554. The van der Waals surface area contributed by atoms with Crippen LogP contribution in [-0.4, -0.2) is 26.1 Å². The topological polar surface area (TPSA) is 76.7 Å². The highest BCUT2D eigenvalue weighted by Crippen LogP contribution is 2.37. The fourth-order valence-electron chi connectivity index (χ4n) is 1.78. The number of nitrogens with one attached hydrogen (secondary N) is 1. The number of nitrogens with zero attached hydrogens (tertiary/aromatic N) is 2. The van der Waals surface area contributed by atoms with Crippen LogP contribution in [0.3, 0.4) is 0 Å². The highest BCUT2D eigenvalue weighted by Gasteiger charge is 2.29. The predicted octanol–water partition coefficient (Wildman–Crippen LogP) is 1.12. The summed E-state index contributed by atoms with van der Waals surface area (Å²) in [4.78, 5) is 11.5. The number of thioether (sulfide) groups is 1. The normalized spacial score (nSPS) is 19.7. The van der Waals surface area contributed by atoms with Crippen molar-refractivity contribution in [3.8, 4) is 0 Å². The Morgan fingerprint density at radius 1 is 1.62 bits per heavy atom. The number of nitrogens with two attached hydrogens (primary N) is 1. The number of hydrogen-bond acceptors (Lipinski definition) is 4. The van der Waals surface area contributed by atoms with Gasteiger partial charge in [0.25, 0.3) is 0 Å². The Bertz CT molecular complexity index is 407. The van der Waals surface area contributed by atoms with Gasteiger partial charge in [-0.1, -0.05) is 18.7 Å². The van der Waals surface area contributed by atoms with Crippen LogP contribution >= 0.6 is 11.8 Å². The van der Waals surface area contributed by atoms with Gasteiger partial charge in [-0.3, -0.25) is 4.57 Å². The molecule has 0 aliphatic heterocycles. The zero-order valence-corrected chi connectivity index (χ0v) is 10.5. The van der Waals surface area contributed by atoms with Crippen molar-refractivity contribution < 1.29 is 0 Å². The first-order chi connectivity index (χ1) is 7.58. The van der Waals surface area contributed by atoms with E-state index < -0.39 is 0 Å². The van der Waals surface area contributed by atoms with Crippen molar-refractivity contribution in [2.45, 2.75) is 55.6 Å². The van der Waals surface area contributed by atoms with E-state index >= 15 is 0 Å². The molecule has 1 aliphatic rings. The predicted molar refractivity (Wildman–Crippen MR) is 64.7 cm³/mol. The lowest BCUT2D eigenvalue weighted by Gasteiger charge is -2.12. The zero-order valence-electron chi connectivity index (χ0n) is 9.64. The standard InChI is InChI=1S/C10H18N4OS/c1-6(11)5-7(2)16-10-13-12-9(15)14(10)8-3-4-8/h6-8H,3-5,11H2,1-2H3,(H,12,15). The van der Waals surface area contributed by atoms with Crippen LogP contribution in [0.1, 0.15) is 39.2 Å². The minimum Gasteiger partial charge on any atom is -0.328 e. The first-order valence-electron chi connectivity index (χ1n) is 5.67. The zero-order chi connectivity index (χ0) is 11.7. The van der Waals surface area contributed by atoms with Crippen LogP contribution in [0.2, 0.25) is 0 Å². The molecule has 2 rings (SSSR count). The summed E-state index contributed by atoms with van der Waals surface area (Å²) in [6.45, 7) is 4.11. The quantitative estimate of drug-likeness (QED) is 0.759. The molecule has 90 valence electrons. The van der Waals surface area contributed by atoms with Crippen molar-refractivity contribution in [3.05, 3.63) is 10.5 Å². The summed E-state index contributed by atoms with van der Waals surface area (Å²) >= 11 is 1.63. The third-order valence-electron chi connectivity index (χ3n) is 2.59. The first-order valence-corrected chi connectivity index (χ1v) is 6.55. The fraction of sp³-hybridized carbons (Fsp3) is 0.800. The number of H-pyrrole nitrogens is 1. The van der Waals surface area contributed by atoms with Gasteiger partial charge in [-0.15, -0.1) is 5.10 Å². The van der Waals surface area contributed by atoms with Gasteiger partial charge < -0.3 is 5.73 Å². The summed E-state index contributed by atoms with van der Waals surface area (Å²) in [7, 11) is 0. The second kappa shape index (κ2) is 4.63. The van der Waals surface area contributed by atoms with Crippen molar-refractivity contribution in [1.82, 2.24) is 14.8 Å². The third-order valence-corrected chi connectivity index (χ3v) is 3.69. The molecule has 1 heterocycles. The van der Waals surface area contributed by atoms with Gasteiger partial charge in [-0.25, -0.2) is 9.89 Å². The molecule has 2 unspecified atom stereocenters. The molecule has 0 amide bonds. The smallest absolute Gasteiger partial charge is 0.328 e. The molecular weight excluding hydrogens is 224 g/mol. The molecule has 1 aliphatic carbocycles.